The molecular weight excluding hydrogens is 542 g/mol. The number of carbonyl (C=O) groups excluding carboxylic acids is 2. The summed E-state index contributed by atoms with van der Waals surface area (Å²) in [5.41, 5.74) is 1.33. The van der Waals surface area contributed by atoms with E-state index in [-0.39, 0.29) is 43.8 Å². The number of rotatable bonds is 11. The van der Waals surface area contributed by atoms with Gasteiger partial charge in [-0.1, -0.05) is 45.7 Å². The molecule has 1 N–H and O–H groups in total. The molecule has 0 unspecified atom stereocenters. The smallest absolute Gasteiger partial charge is 0.242 e. The zero-order valence-electron chi connectivity index (χ0n) is 19.8. The lowest BCUT2D eigenvalue weighted by Gasteiger charge is -2.30. The van der Waals surface area contributed by atoms with Crippen molar-refractivity contribution in [3.8, 4) is 0 Å². The number of sulfonamides is 1. The molecule has 10 heteroatoms. The summed E-state index contributed by atoms with van der Waals surface area (Å²) in [4.78, 5) is 27.4. The van der Waals surface area contributed by atoms with Crippen molar-refractivity contribution in [3.63, 3.8) is 0 Å². The molecule has 0 radical (unpaired) electrons. The van der Waals surface area contributed by atoms with Crippen LogP contribution in [0.25, 0.3) is 0 Å². The number of halogens is 2. The van der Waals surface area contributed by atoms with E-state index in [9.17, 15) is 18.0 Å². The topological polar surface area (TPSA) is 86.8 Å². The summed E-state index contributed by atoms with van der Waals surface area (Å²) in [6.45, 7) is 5.80. The summed E-state index contributed by atoms with van der Waals surface area (Å²) in [5.74, 6) is -0.467. The second-order valence-electron chi connectivity index (χ2n) is 8.41. The molecule has 0 aliphatic heterocycles. The minimum atomic E-state index is -3.57. The van der Waals surface area contributed by atoms with Crippen molar-refractivity contribution in [2.75, 3.05) is 17.1 Å². The van der Waals surface area contributed by atoms with Gasteiger partial charge in [-0.15, -0.1) is 0 Å². The summed E-state index contributed by atoms with van der Waals surface area (Å²) < 4.78 is 26.9. The largest absolute Gasteiger partial charge is 0.352 e. The van der Waals surface area contributed by atoms with Gasteiger partial charge in [-0.25, -0.2) is 8.42 Å². The maximum Gasteiger partial charge on any atom is 0.242 e. The summed E-state index contributed by atoms with van der Waals surface area (Å²) >= 11 is 9.43. The van der Waals surface area contributed by atoms with Crippen LogP contribution in [0.3, 0.4) is 0 Å². The fraction of sp³-hybridized carbons (Fsp3) is 0.417. The van der Waals surface area contributed by atoms with Crippen molar-refractivity contribution in [3.05, 3.63) is 63.6 Å². The molecule has 0 aliphatic rings. The fourth-order valence-corrected chi connectivity index (χ4v) is 4.82. The summed E-state index contributed by atoms with van der Waals surface area (Å²) in [7, 11) is -3.57. The highest BCUT2D eigenvalue weighted by Gasteiger charge is 2.27. The van der Waals surface area contributed by atoms with E-state index in [4.69, 9.17) is 11.6 Å². The number of carbonyl (C=O) groups is 2. The highest BCUT2D eigenvalue weighted by atomic mass is 79.9. The van der Waals surface area contributed by atoms with E-state index in [0.717, 1.165) is 16.3 Å². The first-order valence-electron chi connectivity index (χ1n) is 11.0. The van der Waals surface area contributed by atoms with E-state index in [1.165, 1.54) is 9.21 Å². The molecule has 0 saturated carbocycles. The van der Waals surface area contributed by atoms with Crippen LogP contribution < -0.4 is 9.62 Å². The zero-order valence-corrected chi connectivity index (χ0v) is 23.0. The van der Waals surface area contributed by atoms with E-state index in [2.05, 4.69) is 21.2 Å². The Morgan fingerprint density at radius 2 is 1.74 bits per heavy atom. The molecule has 0 fully saturated rings. The molecule has 2 amide bonds. The Morgan fingerprint density at radius 3 is 2.29 bits per heavy atom. The molecule has 2 aromatic rings. The summed E-state index contributed by atoms with van der Waals surface area (Å²) in [5, 5.41) is 3.28. The van der Waals surface area contributed by atoms with E-state index in [1.807, 2.05) is 38.1 Å². The van der Waals surface area contributed by atoms with Gasteiger partial charge in [-0.3, -0.25) is 13.9 Å². The molecule has 0 heterocycles. The van der Waals surface area contributed by atoms with Crippen LogP contribution in [-0.2, 0) is 26.2 Å². The minimum absolute atomic E-state index is 0.0550. The Morgan fingerprint density at radius 1 is 1.09 bits per heavy atom. The number of nitrogens with zero attached hydrogens (tertiary/aromatic N) is 2. The third kappa shape index (κ3) is 8.60. The number of hydrogen-bond acceptors (Lipinski definition) is 4. The van der Waals surface area contributed by atoms with Crippen LogP contribution in [0.15, 0.2) is 53.0 Å². The van der Waals surface area contributed by atoms with Crippen molar-refractivity contribution in [1.82, 2.24) is 10.2 Å². The molecule has 1 atom stereocenters. The SMILES string of the molecule is CC(C)NC(=O)[C@@H](C)N(Cc1ccc(Br)cc1)C(=O)CCCN(c1cccc(Cl)c1)S(C)(=O)=O. The van der Waals surface area contributed by atoms with Crippen LogP contribution in [0.2, 0.25) is 5.02 Å². The molecule has 0 spiro atoms. The van der Waals surface area contributed by atoms with Gasteiger partial charge in [0.25, 0.3) is 0 Å². The Kier molecular flexibility index (Phi) is 10.4. The number of hydrogen-bond donors (Lipinski definition) is 1. The lowest BCUT2D eigenvalue weighted by molar-refractivity contribution is -0.140. The van der Waals surface area contributed by atoms with Gasteiger partial charge in [0.05, 0.1) is 11.9 Å². The first-order chi connectivity index (χ1) is 15.9. The lowest BCUT2D eigenvalue weighted by atomic mass is 10.1. The third-order valence-corrected chi connectivity index (χ3v) is 7.07. The average molecular weight is 573 g/mol. The molecule has 7 nitrogen and oxygen atoms in total. The fourth-order valence-electron chi connectivity index (χ4n) is 3.41. The Bertz CT molecular complexity index is 1090. The third-order valence-electron chi connectivity index (χ3n) is 5.11. The van der Waals surface area contributed by atoms with E-state index in [0.29, 0.717) is 10.7 Å². The Labute approximate surface area is 215 Å². The van der Waals surface area contributed by atoms with Crippen molar-refractivity contribution in [2.45, 2.75) is 52.2 Å². The van der Waals surface area contributed by atoms with Crippen LogP contribution in [0.4, 0.5) is 5.69 Å². The van der Waals surface area contributed by atoms with Crippen molar-refractivity contribution < 1.29 is 18.0 Å². The van der Waals surface area contributed by atoms with Crippen molar-refractivity contribution in [1.29, 1.82) is 0 Å². The minimum Gasteiger partial charge on any atom is -0.352 e. The van der Waals surface area contributed by atoms with Gasteiger partial charge in [-0.05, 0) is 63.1 Å². The first kappa shape index (κ1) is 28.1. The summed E-state index contributed by atoms with van der Waals surface area (Å²) in [6, 6.07) is 13.4. The number of nitrogens with one attached hydrogen (secondary N) is 1. The first-order valence-corrected chi connectivity index (χ1v) is 14.0. The van der Waals surface area contributed by atoms with E-state index < -0.39 is 16.1 Å². The van der Waals surface area contributed by atoms with Gasteiger partial charge in [0, 0.05) is 35.0 Å². The number of anilines is 1. The second kappa shape index (κ2) is 12.6. The van der Waals surface area contributed by atoms with Crippen LogP contribution in [-0.4, -0.2) is 50.0 Å². The molecule has 34 heavy (non-hydrogen) atoms. The molecule has 2 aromatic carbocycles. The van der Waals surface area contributed by atoms with Crippen LogP contribution in [0, 0.1) is 0 Å². The average Bonchev–Trinajstić information content (AvgIpc) is 2.74. The van der Waals surface area contributed by atoms with Gasteiger partial charge in [0.2, 0.25) is 21.8 Å². The number of amides is 2. The summed E-state index contributed by atoms with van der Waals surface area (Å²) in [6.07, 6.45) is 1.49. The Balaban J connectivity index is 2.16. The quantitative estimate of drug-likeness (QED) is 0.427. The van der Waals surface area contributed by atoms with Gasteiger partial charge in [0.1, 0.15) is 6.04 Å². The van der Waals surface area contributed by atoms with Gasteiger partial charge in [-0.2, -0.15) is 0 Å². The monoisotopic (exact) mass is 571 g/mol. The molecule has 0 aromatic heterocycles. The van der Waals surface area contributed by atoms with Gasteiger partial charge < -0.3 is 10.2 Å². The molecule has 0 bridgehead atoms. The molecule has 0 saturated heterocycles. The maximum atomic E-state index is 13.2. The normalized spacial score (nSPS) is 12.3. The van der Waals surface area contributed by atoms with Crippen LogP contribution >= 0.6 is 27.5 Å². The van der Waals surface area contributed by atoms with Crippen LogP contribution in [0.5, 0.6) is 0 Å². The van der Waals surface area contributed by atoms with Crippen molar-refractivity contribution >= 4 is 55.1 Å². The predicted octanol–water partition coefficient (Wildman–Crippen LogP) is 4.59. The maximum absolute atomic E-state index is 13.2. The Hall–Kier alpha value is -2.10. The van der Waals surface area contributed by atoms with E-state index in [1.54, 1.807) is 31.2 Å². The van der Waals surface area contributed by atoms with Crippen LogP contribution in [0.1, 0.15) is 39.2 Å². The van der Waals surface area contributed by atoms with Gasteiger partial charge in [0.15, 0.2) is 0 Å². The molecule has 186 valence electrons. The highest BCUT2D eigenvalue weighted by molar-refractivity contribution is 9.10. The van der Waals surface area contributed by atoms with E-state index >= 15 is 0 Å². The zero-order chi connectivity index (χ0) is 25.5. The van der Waals surface area contributed by atoms with Crippen molar-refractivity contribution in [2.24, 2.45) is 0 Å². The highest BCUT2D eigenvalue weighted by Crippen LogP contribution is 2.23. The van der Waals surface area contributed by atoms with Gasteiger partial charge >= 0.3 is 0 Å². The predicted molar refractivity (Wildman–Crippen MR) is 140 cm³/mol. The molecular formula is C24H31BrClN3O4S. The lowest BCUT2D eigenvalue weighted by Crippen LogP contribution is -2.49. The molecule has 0 aliphatic carbocycles. The molecule has 2 rings (SSSR count). The standard InChI is InChI=1S/C24H31BrClN3O4S/c1-17(2)27-24(31)18(3)28(16-19-10-12-20(25)13-11-19)23(30)9-6-14-29(34(4,32)33)22-8-5-7-21(26)15-22/h5,7-8,10-13,15,17-18H,6,9,14,16H2,1-4H3,(H,27,31)/t18-/m1/s1. The number of benzene rings is 2. The second-order valence-corrected chi connectivity index (χ2v) is 11.7.